The van der Waals surface area contributed by atoms with Gasteiger partial charge in [0.1, 0.15) is 5.75 Å². The van der Waals surface area contributed by atoms with E-state index < -0.39 is 45.8 Å². The van der Waals surface area contributed by atoms with E-state index in [0.29, 0.717) is 13.2 Å². The molecule has 4 rings (SSSR count). The molecule has 2 aliphatic rings. The predicted molar refractivity (Wildman–Crippen MR) is 99.9 cm³/mol. The molecule has 0 bridgehead atoms. The number of para-hydroxylation sites is 1. The molecule has 1 N–H and O–H groups in total. The van der Waals surface area contributed by atoms with Gasteiger partial charge in [0.2, 0.25) is 0 Å². The van der Waals surface area contributed by atoms with Gasteiger partial charge in [-0.2, -0.15) is 0 Å². The van der Waals surface area contributed by atoms with Gasteiger partial charge in [0.05, 0.1) is 36.5 Å². The molecule has 1 saturated heterocycles. The highest BCUT2D eigenvalue weighted by atomic mass is 19.2. The van der Waals surface area contributed by atoms with Crippen LogP contribution in [0.3, 0.4) is 0 Å². The monoisotopic (exact) mass is 426 g/mol. The van der Waals surface area contributed by atoms with Gasteiger partial charge in [-0.05, 0) is 25.8 Å². The fourth-order valence-corrected chi connectivity index (χ4v) is 4.31. The quantitative estimate of drug-likeness (QED) is 0.563. The van der Waals surface area contributed by atoms with Crippen molar-refractivity contribution in [3.8, 4) is 16.9 Å². The van der Waals surface area contributed by atoms with Crippen LogP contribution < -0.4 is 4.74 Å². The summed E-state index contributed by atoms with van der Waals surface area (Å²) in [6.45, 7) is 2.66. The number of hydrogen-bond donors (Lipinski definition) is 1. The average molecular weight is 426 g/mol. The lowest BCUT2D eigenvalue weighted by atomic mass is 9.76. The average Bonchev–Trinajstić information content (AvgIpc) is 3.19. The molecule has 2 aromatic rings. The van der Waals surface area contributed by atoms with Gasteiger partial charge in [-0.25, -0.2) is 17.6 Å². The summed E-state index contributed by atoms with van der Waals surface area (Å²) in [5.41, 5.74) is -4.05. The zero-order valence-corrected chi connectivity index (χ0v) is 16.4. The van der Waals surface area contributed by atoms with E-state index in [4.69, 9.17) is 14.2 Å². The molecular formula is C22H22F4O4. The Morgan fingerprint density at radius 3 is 2.03 bits per heavy atom. The molecule has 1 spiro atoms. The van der Waals surface area contributed by atoms with Crippen molar-refractivity contribution < 1.29 is 36.9 Å². The third-order valence-corrected chi connectivity index (χ3v) is 5.84. The molecule has 8 heteroatoms. The molecule has 4 nitrogen and oxygen atoms in total. The normalized spacial score (nSPS) is 19.9. The molecule has 1 aliphatic carbocycles. The van der Waals surface area contributed by atoms with Crippen LogP contribution in [0.1, 0.15) is 38.2 Å². The van der Waals surface area contributed by atoms with Gasteiger partial charge >= 0.3 is 0 Å². The van der Waals surface area contributed by atoms with Crippen LogP contribution >= 0.6 is 0 Å². The van der Waals surface area contributed by atoms with E-state index >= 15 is 17.6 Å². The second-order valence-electron chi connectivity index (χ2n) is 7.57. The summed E-state index contributed by atoms with van der Waals surface area (Å²) < 4.78 is 76.6. The van der Waals surface area contributed by atoms with Crippen LogP contribution in [0.5, 0.6) is 5.75 Å². The maximum absolute atomic E-state index is 15.1. The SMILES string of the molecule is CCOc1ccccc1-c1c(F)c(F)c(C2(O)CCC3(CC2)OCCO3)c(F)c1F. The number of rotatable bonds is 4. The molecule has 2 aromatic carbocycles. The lowest BCUT2D eigenvalue weighted by Crippen LogP contribution is -2.43. The Balaban J connectivity index is 1.78. The molecule has 1 saturated carbocycles. The minimum atomic E-state index is -2.08. The van der Waals surface area contributed by atoms with Gasteiger partial charge in [0, 0.05) is 18.4 Å². The Morgan fingerprint density at radius 2 is 1.47 bits per heavy atom. The molecule has 30 heavy (non-hydrogen) atoms. The molecule has 1 aliphatic heterocycles. The van der Waals surface area contributed by atoms with Crippen LogP contribution in [0.25, 0.3) is 11.1 Å². The van der Waals surface area contributed by atoms with Gasteiger partial charge in [-0.3, -0.25) is 0 Å². The van der Waals surface area contributed by atoms with Gasteiger partial charge in [0.15, 0.2) is 29.1 Å². The highest BCUT2D eigenvalue weighted by Crippen LogP contribution is 2.48. The van der Waals surface area contributed by atoms with Crippen LogP contribution in [-0.2, 0) is 15.1 Å². The van der Waals surface area contributed by atoms with Gasteiger partial charge < -0.3 is 19.3 Å². The first-order chi connectivity index (χ1) is 14.3. The van der Waals surface area contributed by atoms with Crippen molar-refractivity contribution in [2.24, 2.45) is 0 Å². The summed E-state index contributed by atoms with van der Waals surface area (Å²) in [4.78, 5) is 0. The van der Waals surface area contributed by atoms with Crippen molar-refractivity contribution in [3.05, 3.63) is 53.1 Å². The zero-order chi connectivity index (χ0) is 21.5. The van der Waals surface area contributed by atoms with Crippen molar-refractivity contribution in [1.29, 1.82) is 0 Å². The standard InChI is InChI=1S/C22H22F4O4/c1-2-28-14-6-4-3-5-13(14)15-17(23)19(25)16(20(26)18(15)24)21(27)7-9-22(10-8-21)29-11-12-30-22/h3-6,27H,2,7-12H2,1H3. The highest BCUT2D eigenvalue weighted by Gasteiger charge is 2.49. The number of benzene rings is 2. The smallest absolute Gasteiger partial charge is 0.170 e. The molecule has 2 fully saturated rings. The van der Waals surface area contributed by atoms with Crippen LogP contribution in [0.2, 0.25) is 0 Å². The van der Waals surface area contributed by atoms with Gasteiger partial charge in [-0.1, -0.05) is 18.2 Å². The van der Waals surface area contributed by atoms with E-state index in [1.807, 2.05) is 0 Å². The lowest BCUT2D eigenvalue weighted by Gasteiger charge is -2.41. The summed E-state index contributed by atoms with van der Waals surface area (Å²) >= 11 is 0. The van der Waals surface area contributed by atoms with Crippen molar-refractivity contribution in [2.45, 2.75) is 44.0 Å². The molecule has 0 aromatic heterocycles. The molecule has 0 amide bonds. The maximum atomic E-state index is 15.1. The molecule has 0 atom stereocenters. The molecule has 0 radical (unpaired) electrons. The summed E-state index contributed by atoms with van der Waals surface area (Å²) in [6, 6.07) is 5.84. The molecule has 1 heterocycles. The second kappa shape index (κ2) is 7.83. The number of hydrogen-bond acceptors (Lipinski definition) is 4. The number of ether oxygens (including phenoxy) is 3. The Kier molecular flexibility index (Phi) is 5.50. The van der Waals surface area contributed by atoms with Crippen LogP contribution in [0.4, 0.5) is 17.6 Å². The first-order valence-corrected chi connectivity index (χ1v) is 9.91. The minimum Gasteiger partial charge on any atom is -0.493 e. The van der Waals surface area contributed by atoms with Crippen LogP contribution in [0.15, 0.2) is 24.3 Å². The fourth-order valence-electron chi connectivity index (χ4n) is 4.31. The summed E-state index contributed by atoms with van der Waals surface area (Å²) in [5.74, 6) is -7.18. The summed E-state index contributed by atoms with van der Waals surface area (Å²) in [6.07, 6.45) is -0.00964. The van der Waals surface area contributed by atoms with Crippen molar-refractivity contribution >= 4 is 0 Å². The topological polar surface area (TPSA) is 47.9 Å². The van der Waals surface area contributed by atoms with Crippen LogP contribution in [-0.4, -0.2) is 30.7 Å². The number of halogens is 4. The Morgan fingerprint density at radius 1 is 0.900 bits per heavy atom. The van der Waals surface area contributed by atoms with E-state index in [-0.39, 0.29) is 43.6 Å². The van der Waals surface area contributed by atoms with Crippen molar-refractivity contribution in [2.75, 3.05) is 19.8 Å². The third-order valence-electron chi connectivity index (χ3n) is 5.84. The lowest BCUT2D eigenvalue weighted by molar-refractivity contribution is -0.205. The van der Waals surface area contributed by atoms with Crippen LogP contribution in [0, 0.1) is 23.3 Å². The van der Waals surface area contributed by atoms with E-state index in [1.54, 1.807) is 13.0 Å². The zero-order valence-electron chi connectivity index (χ0n) is 16.4. The van der Waals surface area contributed by atoms with E-state index in [2.05, 4.69) is 0 Å². The first-order valence-electron chi connectivity index (χ1n) is 9.91. The number of aliphatic hydroxyl groups is 1. The Hall–Kier alpha value is -2.16. The second-order valence-corrected chi connectivity index (χ2v) is 7.57. The minimum absolute atomic E-state index is 0.0956. The van der Waals surface area contributed by atoms with E-state index in [9.17, 15) is 5.11 Å². The summed E-state index contributed by atoms with van der Waals surface area (Å²) in [7, 11) is 0. The van der Waals surface area contributed by atoms with Gasteiger partial charge in [-0.15, -0.1) is 0 Å². The van der Waals surface area contributed by atoms with Crippen molar-refractivity contribution in [3.63, 3.8) is 0 Å². The Labute approximate surface area is 171 Å². The maximum Gasteiger partial charge on any atom is 0.170 e. The molecular weight excluding hydrogens is 404 g/mol. The highest BCUT2D eigenvalue weighted by molar-refractivity contribution is 5.72. The largest absolute Gasteiger partial charge is 0.493 e. The van der Waals surface area contributed by atoms with E-state index in [1.165, 1.54) is 18.2 Å². The molecule has 162 valence electrons. The Bertz CT molecular complexity index is 917. The summed E-state index contributed by atoms with van der Waals surface area (Å²) in [5, 5.41) is 10.9. The van der Waals surface area contributed by atoms with Crippen molar-refractivity contribution in [1.82, 2.24) is 0 Å². The predicted octanol–water partition coefficient (Wildman–Crippen LogP) is 4.81. The molecule has 0 unspecified atom stereocenters. The first kappa shape index (κ1) is 21.1. The third kappa shape index (κ3) is 3.36. The van der Waals surface area contributed by atoms with Gasteiger partial charge in [0.25, 0.3) is 0 Å². The van der Waals surface area contributed by atoms with E-state index in [0.717, 1.165) is 0 Å². The fraction of sp³-hybridized carbons (Fsp3) is 0.455.